The lowest BCUT2D eigenvalue weighted by molar-refractivity contribution is 0.631. The Morgan fingerprint density at radius 1 is 1.04 bits per heavy atom. The Labute approximate surface area is 156 Å². The van der Waals surface area contributed by atoms with E-state index in [1.807, 2.05) is 60.8 Å². The highest BCUT2D eigenvalue weighted by molar-refractivity contribution is 6.33. The Hall–Kier alpha value is -2.85. The predicted molar refractivity (Wildman–Crippen MR) is 105 cm³/mol. The van der Waals surface area contributed by atoms with Crippen molar-refractivity contribution in [1.29, 1.82) is 0 Å². The lowest BCUT2D eigenvalue weighted by atomic mass is 10.1. The molecule has 0 spiro atoms. The summed E-state index contributed by atoms with van der Waals surface area (Å²) in [6.45, 7) is 4.02. The number of imidazole rings is 1. The van der Waals surface area contributed by atoms with Crippen LogP contribution in [0.1, 0.15) is 11.1 Å². The summed E-state index contributed by atoms with van der Waals surface area (Å²) in [7, 11) is 0. The largest absolute Gasteiger partial charge is 0.339 e. The fourth-order valence-corrected chi connectivity index (χ4v) is 3.26. The molecule has 0 radical (unpaired) electrons. The Balaban J connectivity index is 1.99. The van der Waals surface area contributed by atoms with Gasteiger partial charge in [0.05, 0.1) is 10.6 Å². The van der Waals surface area contributed by atoms with Crippen LogP contribution in [0.15, 0.2) is 60.8 Å². The topological polar surface area (TPSA) is 29.3 Å². The molecule has 130 valence electrons. The van der Waals surface area contributed by atoms with E-state index in [9.17, 15) is 4.39 Å². The van der Waals surface area contributed by atoms with E-state index in [0.717, 1.165) is 22.5 Å². The summed E-state index contributed by atoms with van der Waals surface area (Å²) in [6, 6.07) is 16.6. The molecule has 0 aliphatic carbocycles. The van der Waals surface area contributed by atoms with Crippen molar-refractivity contribution in [2.24, 2.45) is 0 Å². The molecule has 3 nitrogen and oxygen atoms in total. The van der Waals surface area contributed by atoms with Gasteiger partial charge in [0, 0.05) is 11.9 Å². The molecule has 1 N–H and O–H groups in total. The summed E-state index contributed by atoms with van der Waals surface area (Å²) in [6.07, 6.45) is 1.93. The third kappa shape index (κ3) is 2.82. The van der Waals surface area contributed by atoms with Gasteiger partial charge in [0.2, 0.25) is 0 Å². The minimum atomic E-state index is -0.398. The second-order valence-electron chi connectivity index (χ2n) is 6.28. The number of aryl methyl sites for hydroxylation is 2. The summed E-state index contributed by atoms with van der Waals surface area (Å²) in [5.41, 5.74) is 4.61. The van der Waals surface area contributed by atoms with Crippen LogP contribution in [0, 0.1) is 19.7 Å². The third-order valence-electron chi connectivity index (χ3n) is 4.38. The maximum Gasteiger partial charge on any atom is 0.143 e. The molecule has 4 aromatic rings. The van der Waals surface area contributed by atoms with Crippen molar-refractivity contribution in [1.82, 2.24) is 9.38 Å². The molecule has 0 atom stereocenters. The number of hydrogen-bond donors (Lipinski definition) is 1. The zero-order valence-corrected chi connectivity index (χ0v) is 15.2. The fourth-order valence-electron chi connectivity index (χ4n) is 3.01. The molecule has 2 heterocycles. The smallest absolute Gasteiger partial charge is 0.143 e. The van der Waals surface area contributed by atoms with Crippen LogP contribution in [0.3, 0.4) is 0 Å². The van der Waals surface area contributed by atoms with Crippen LogP contribution >= 0.6 is 11.6 Å². The number of aromatic nitrogens is 2. The quantitative estimate of drug-likeness (QED) is 0.471. The lowest BCUT2D eigenvalue weighted by Crippen LogP contribution is -1.99. The first-order chi connectivity index (χ1) is 12.5. The van der Waals surface area contributed by atoms with Gasteiger partial charge in [0.1, 0.15) is 23.0 Å². The van der Waals surface area contributed by atoms with Crippen LogP contribution < -0.4 is 5.32 Å². The van der Waals surface area contributed by atoms with Crippen LogP contribution in [-0.2, 0) is 0 Å². The number of fused-ring (bicyclic) bond motifs is 1. The van der Waals surface area contributed by atoms with Crippen LogP contribution in [0.5, 0.6) is 0 Å². The SMILES string of the molecule is Cc1ccn2c(Nc3ccccc3C)c(-c3c(F)cccc3Cl)nc2c1. The second kappa shape index (κ2) is 6.46. The molecule has 2 aromatic carbocycles. The van der Waals surface area contributed by atoms with Gasteiger partial charge < -0.3 is 5.32 Å². The van der Waals surface area contributed by atoms with Gasteiger partial charge in [0.15, 0.2) is 0 Å². The Bertz CT molecular complexity index is 1100. The predicted octanol–water partition coefficient (Wildman–Crippen LogP) is 6.15. The van der Waals surface area contributed by atoms with Crippen molar-refractivity contribution in [2.45, 2.75) is 13.8 Å². The number of halogens is 2. The molecule has 0 amide bonds. The van der Waals surface area contributed by atoms with Gasteiger partial charge in [0.25, 0.3) is 0 Å². The summed E-state index contributed by atoms with van der Waals surface area (Å²) >= 11 is 6.31. The van der Waals surface area contributed by atoms with Gasteiger partial charge in [-0.1, -0.05) is 35.9 Å². The maximum absolute atomic E-state index is 14.6. The monoisotopic (exact) mass is 365 g/mol. The molecule has 0 saturated carbocycles. The summed E-state index contributed by atoms with van der Waals surface area (Å²) in [5.74, 6) is 0.284. The zero-order valence-electron chi connectivity index (χ0n) is 14.4. The molecule has 0 aliphatic rings. The molecule has 0 fully saturated rings. The number of nitrogens with one attached hydrogen (secondary N) is 1. The lowest BCUT2D eigenvalue weighted by Gasteiger charge is -2.12. The van der Waals surface area contributed by atoms with Crippen molar-refractivity contribution in [3.8, 4) is 11.3 Å². The van der Waals surface area contributed by atoms with Gasteiger partial charge in [-0.05, 0) is 55.3 Å². The van der Waals surface area contributed by atoms with E-state index in [2.05, 4.69) is 10.3 Å². The van der Waals surface area contributed by atoms with Crippen molar-refractivity contribution in [2.75, 3.05) is 5.32 Å². The molecule has 2 aromatic heterocycles. The Morgan fingerprint density at radius 2 is 1.85 bits per heavy atom. The van der Waals surface area contributed by atoms with E-state index in [1.54, 1.807) is 12.1 Å². The van der Waals surface area contributed by atoms with E-state index in [0.29, 0.717) is 22.1 Å². The maximum atomic E-state index is 14.6. The Kier molecular flexibility index (Phi) is 4.13. The van der Waals surface area contributed by atoms with Crippen LogP contribution in [-0.4, -0.2) is 9.38 Å². The van der Waals surface area contributed by atoms with Crippen LogP contribution in [0.4, 0.5) is 15.9 Å². The van der Waals surface area contributed by atoms with Gasteiger partial charge in [-0.3, -0.25) is 4.40 Å². The Morgan fingerprint density at radius 3 is 2.62 bits per heavy atom. The summed E-state index contributed by atoms with van der Waals surface area (Å²) in [4.78, 5) is 4.67. The second-order valence-corrected chi connectivity index (χ2v) is 6.69. The molecule has 26 heavy (non-hydrogen) atoms. The van der Waals surface area contributed by atoms with Crippen LogP contribution in [0.2, 0.25) is 5.02 Å². The molecule has 0 aliphatic heterocycles. The number of benzene rings is 2. The molecule has 0 bridgehead atoms. The number of pyridine rings is 1. The molecule has 0 unspecified atom stereocenters. The van der Waals surface area contributed by atoms with E-state index in [-0.39, 0.29) is 0 Å². The molecule has 5 heteroatoms. The zero-order chi connectivity index (χ0) is 18.3. The number of hydrogen-bond acceptors (Lipinski definition) is 2. The minimum absolute atomic E-state index is 0.298. The van der Waals surface area contributed by atoms with Crippen molar-refractivity contribution >= 4 is 28.8 Å². The van der Waals surface area contributed by atoms with Crippen molar-refractivity contribution in [3.63, 3.8) is 0 Å². The number of para-hydroxylation sites is 1. The third-order valence-corrected chi connectivity index (χ3v) is 4.69. The normalized spacial score (nSPS) is 11.1. The van der Waals surface area contributed by atoms with E-state index < -0.39 is 5.82 Å². The molecular weight excluding hydrogens is 349 g/mol. The average Bonchev–Trinajstić information content (AvgIpc) is 2.94. The minimum Gasteiger partial charge on any atom is -0.339 e. The van der Waals surface area contributed by atoms with Crippen molar-refractivity contribution < 1.29 is 4.39 Å². The van der Waals surface area contributed by atoms with E-state index >= 15 is 0 Å². The number of nitrogens with zero attached hydrogens (tertiary/aromatic N) is 2. The molecule has 0 saturated heterocycles. The van der Waals surface area contributed by atoms with Gasteiger partial charge in [-0.15, -0.1) is 0 Å². The first-order valence-electron chi connectivity index (χ1n) is 8.30. The van der Waals surface area contributed by atoms with E-state index in [1.165, 1.54) is 6.07 Å². The fraction of sp³-hybridized carbons (Fsp3) is 0.0952. The first kappa shape index (κ1) is 16.6. The first-order valence-corrected chi connectivity index (χ1v) is 8.68. The highest BCUT2D eigenvalue weighted by Crippen LogP contribution is 2.37. The van der Waals surface area contributed by atoms with Gasteiger partial charge >= 0.3 is 0 Å². The summed E-state index contributed by atoms with van der Waals surface area (Å²) < 4.78 is 16.5. The van der Waals surface area contributed by atoms with E-state index in [4.69, 9.17) is 11.6 Å². The standard InChI is InChI=1S/C21H17ClFN3/c1-13-10-11-26-18(12-13)25-20(19-15(22)7-5-8-16(19)23)21(26)24-17-9-4-3-6-14(17)2/h3-12,24H,1-2H3. The molecular formula is C21H17ClFN3. The average molecular weight is 366 g/mol. The van der Waals surface area contributed by atoms with Crippen molar-refractivity contribution in [3.05, 3.63) is 82.8 Å². The van der Waals surface area contributed by atoms with Gasteiger partial charge in [-0.2, -0.15) is 0 Å². The van der Waals surface area contributed by atoms with Gasteiger partial charge in [-0.25, -0.2) is 9.37 Å². The number of rotatable bonds is 3. The highest BCUT2D eigenvalue weighted by atomic mass is 35.5. The summed E-state index contributed by atoms with van der Waals surface area (Å²) in [5, 5.41) is 3.74. The molecule has 4 rings (SSSR count). The van der Waals surface area contributed by atoms with Crippen LogP contribution in [0.25, 0.3) is 16.9 Å². The number of anilines is 2. The highest BCUT2D eigenvalue weighted by Gasteiger charge is 2.20.